The molecular formula is C16H15BrCl3N. The molecule has 1 nitrogen and oxygen atoms in total. The van der Waals surface area contributed by atoms with Gasteiger partial charge in [0.15, 0.2) is 0 Å². The van der Waals surface area contributed by atoms with Gasteiger partial charge in [0.05, 0.1) is 5.02 Å². The summed E-state index contributed by atoms with van der Waals surface area (Å²) in [7, 11) is 0. The van der Waals surface area contributed by atoms with E-state index in [0.29, 0.717) is 21.5 Å². The normalized spacial score (nSPS) is 12.4. The molecule has 2 rings (SSSR count). The van der Waals surface area contributed by atoms with Crippen LogP contribution in [0.25, 0.3) is 0 Å². The highest BCUT2D eigenvalue weighted by molar-refractivity contribution is 9.10. The molecule has 1 N–H and O–H groups in total. The average Bonchev–Trinajstić information content (AvgIpc) is 2.45. The molecule has 0 aliphatic heterocycles. The second-order valence-electron chi connectivity index (χ2n) is 4.69. The molecule has 21 heavy (non-hydrogen) atoms. The van der Waals surface area contributed by atoms with E-state index in [9.17, 15) is 0 Å². The van der Waals surface area contributed by atoms with Crippen molar-refractivity contribution in [2.75, 3.05) is 6.54 Å². The monoisotopic (exact) mass is 405 g/mol. The molecule has 112 valence electrons. The van der Waals surface area contributed by atoms with E-state index in [1.807, 2.05) is 36.4 Å². The zero-order chi connectivity index (χ0) is 15.4. The highest BCUT2D eigenvalue weighted by Crippen LogP contribution is 2.31. The Morgan fingerprint density at radius 3 is 2.29 bits per heavy atom. The topological polar surface area (TPSA) is 12.0 Å². The summed E-state index contributed by atoms with van der Waals surface area (Å²) in [5.74, 6) is 0. The average molecular weight is 408 g/mol. The Labute approximate surface area is 148 Å². The van der Waals surface area contributed by atoms with Crippen LogP contribution in [0.1, 0.15) is 24.1 Å². The maximum Gasteiger partial charge on any atom is 0.0551 e. The molecule has 5 heteroatoms. The summed E-state index contributed by atoms with van der Waals surface area (Å²) in [6.45, 7) is 2.92. The molecule has 0 bridgehead atoms. The summed E-state index contributed by atoms with van der Waals surface area (Å²) in [6.07, 6.45) is 0.713. The summed E-state index contributed by atoms with van der Waals surface area (Å²) in [4.78, 5) is 0. The molecule has 0 aliphatic carbocycles. The summed E-state index contributed by atoms with van der Waals surface area (Å²) in [5.41, 5.74) is 2.06. The number of hydrogen-bond donors (Lipinski definition) is 1. The first-order valence-electron chi connectivity index (χ1n) is 6.64. The SMILES string of the molecule is CCNC(Cc1c(Cl)cccc1Cl)c1ccc(Br)c(Cl)c1. The van der Waals surface area contributed by atoms with E-state index < -0.39 is 0 Å². The molecule has 0 fully saturated rings. The molecule has 1 atom stereocenters. The first-order chi connectivity index (χ1) is 10.0. The van der Waals surface area contributed by atoms with Crippen molar-refractivity contribution >= 4 is 50.7 Å². The first-order valence-corrected chi connectivity index (χ1v) is 8.56. The summed E-state index contributed by atoms with van der Waals surface area (Å²) in [6, 6.07) is 11.7. The van der Waals surface area contributed by atoms with E-state index in [1.165, 1.54) is 0 Å². The third-order valence-electron chi connectivity index (χ3n) is 3.27. The molecule has 0 saturated carbocycles. The van der Waals surface area contributed by atoms with Gasteiger partial charge >= 0.3 is 0 Å². The van der Waals surface area contributed by atoms with Gasteiger partial charge in [-0.2, -0.15) is 0 Å². The minimum atomic E-state index is 0.109. The smallest absolute Gasteiger partial charge is 0.0551 e. The predicted molar refractivity (Wildman–Crippen MR) is 95.7 cm³/mol. The van der Waals surface area contributed by atoms with Crippen LogP contribution in [0, 0.1) is 0 Å². The summed E-state index contributed by atoms with van der Waals surface area (Å²) < 4.78 is 0.888. The van der Waals surface area contributed by atoms with Gasteiger partial charge in [-0.3, -0.25) is 0 Å². The van der Waals surface area contributed by atoms with Crippen molar-refractivity contribution in [1.29, 1.82) is 0 Å². The van der Waals surface area contributed by atoms with Gasteiger partial charge < -0.3 is 5.32 Å². The second-order valence-corrected chi connectivity index (χ2v) is 6.76. The number of rotatable bonds is 5. The molecule has 0 aromatic heterocycles. The molecule has 0 amide bonds. The lowest BCUT2D eigenvalue weighted by Crippen LogP contribution is -2.23. The van der Waals surface area contributed by atoms with Gasteiger partial charge in [-0.1, -0.05) is 53.9 Å². The van der Waals surface area contributed by atoms with Crippen molar-refractivity contribution in [3.8, 4) is 0 Å². The standard InChI is InChI=1S/C16H15BrCl3N/c1-2-21-16(10-6-7-12(17)15(20)8-10)9-11-13(18)4-3-5-14(11)19/h3-8,16,21H,2,9H2,1H3. The molecule has 0 spiro atoms. The van der Waals surface area contributed by atoms with Gasteiger partial charge in [-0.05, 0) is 64.3 Å². The van der Waals surface area contributed by atoms with Crippen LogP contribution < -0.4 is 5.32 Å². The number of likely N-dealkylation sites (N-methyl/N-ethyl adjacent to an activating group) is 1. The second kappa shape index (κ2) is 7.85. The Bertz CT molecular complexity index is 611. The van der Waals surface area contributed by atoms with Crippen LogP contribution >= 0.6 is 50.7 Å². The molecule has 0 radical (unpaired) electrons. The minimum Gasteiger partial charge on any atom is -0.310 e. The maximum atomic E-state index is 6.27. The van der Waals surface area contributed by atoms with E-state index in [4.69, 9.17) is 34.8 Å². The van der Waals surface area contributed by atoms with E-state index in [0.717, 1.165) is 22.1 Å². The lowest BCUT2D eigenvalue weighted by atomic mass is 9.98. The van der Waals surface area contributed by atoms with E-state index in [1.54, 1.807) is 0 Å². The largest absolute Gasteiger partial charge is 0.310 e. The van der Waals surface area contributed by atoms with Crippen molar-refractivity contribution in [2.45, 2.75) is 19.4 Å². The Balaban J connectivity index is 2.33. The number of nitrogens with one attached hydrogen (secondary N) is 1. The lowest BCUT2D eigenvalue weighted by Gasteiger charge is -2.20. The van der Waals surface area contributed by atoms with Crippen molar-refractivity contribution < 1.29 is 0 Å². The van der Waals surface area contributed by atoms with Crippen LogP contribution in [0.5, 0.6) is 0 Å². The van der Waals surface area contributed by atoms with Crippen LogP contribution in [0.4, 0.5) is 0 Å². The Hall–Kier alpha value is -0.250. The molecule has 1 unspecified atom stereocenters. The molecule has 0 saturated heterocycles. The number of halogens is 4. The van der Waals surface area contributed by atoms with Gasteiger partial charge in [0.1, 0.15) is 0 Å². The Kier molecular flexibility index (Phi) is 6.39. The summed E-state index contributed by atoms with van der Waals surface area (Å²) >= 11 is 22.2. The van der Waals surface area contributed by atoms with E-state index >= 15 is 0 Å². The third kappa shape index (κ3) is 4.37. The Morgan fingerprint density at radius 1 is 1.05 bits per heavy atom. The fourth-order valence-electron chi connectivity index (χ4n) is 2.21. The fraction of sp³-hybridized carbons (Fsp3) is 0.250. The van der Waals surface area contributed by atoms with Crippen LogP contribution in [0.2, 0.25) is 15.1 Å². The zero-order valence-corrected chi connectivity index (χ0v) is 15.3. The quantitative estimate of drug-likeness (QED) is 0.613. The first kappa shape index (κ1) is 17.1. The van der Waals surface area contributed by atoms with Crippen molar-refractivity contribution in [3.63, 3.8) is 0 Å². The number of hydrogen-bond acceptors (Lipinski definition) is 1. The van der Waals surface area contributed by atoms with Gasteiger partial charge in [0.25, 0.3) is 0 Å². The van der Waals surface area contributed by atoms with Crippen LogP contribution in [0.3, 0.4) is 0 Å². The van der Waals surface area contributed by atoms with E-state index in [2.05, 4.69) is 28.2 Å². The molecular weight excluding hydrogens is 392 g/mol. The summed E-state index contributed by atoms with van der Waals surface area (Å²) in [5, 5.41) is 5.53. The Morgan fingerprint density at radius 2 is 1.71 bits per heavy atom. The van der Waals surface area contributed by atoms with Gasteiger partial charge in [-0.25, -0.2) is 0 Å². The molecule has 0 aliphatic rings. The van der Waals surface area contributed by atoms with Crippen LogP contribution in [-0.2, 0) is 6.42 Å². The van der Waals surface area contributed by atoms with Gasteiger partial charge in [0.2, 0.25) is 0 Å². The highest BCUT2D eigenvalue weighted by Gasteiger charge is 2.16. The fourth-order valence-corrected chi connectivity index (χ4v) is 3.20. The van der Waals surface area contributed by atoms with Gasteiger partial charge in [0, 0.05) is 20.6 Å². The van der Waals surface area contributed by atoms with Gasteiger partial charge in [-0.15, -0.1) is 0 Å². The van der Waals surface area contributed by atoms with Crippen LogP contribution in [-0.4, -0.2) is 6.54 Å². The molecule has 2 aromatic carbocycles. The third-order valence-corrected chi connectivity index (χ3v) is 5.21. The van der Waals surface area contributed by atoms with Crippen LogP contribution in [0.15, 0.2) is 40.9 Å². The van der Waals surface area contributed by atoms with Crippen molar-refractivity contribution in [2.24, 2.45) is 0 Å². The molecule has 0 heterocycles. The van der Waals surface area contributed by atoms with Crippen molar-refractivity contribution in [3.05, 3.63) is 67.1 Å². The highest BCUT2D eigenvalue weighted by atomic mass is 79.9. The van der Waals surface area contributed by atoms with Crippen molar-refractivity contribution in [1.82, 2.24) is 5.32 Å². The number of benzene rings is 2. The zero-order valence-electron chi connectivity index (χ0n) is 11.5. The predicted octanol–water partition coefficient (Wildman–Crippen LogP) is 6.30. The lowest BCUT2D eigenvalue weighted by molar-refractivity contribution is 0.550. The molecule has 2 aromatic rings. The minimum absolute atomic E-state index is 0.109. The maximum absolute atomic E-state index is 6.27. The van der Waals surface area contributed by atoms with E-state index in [-0.39, 0.29) is 6.04 Å².